The van der Waals surface area contributed by atoms with Gasteiger partial charge in [-0.25, -0.2) is 9.18 Å². The molecule has 0 saturated heterocycles. The summed E-state index contributed by atoms with van der Waals surface area (Å²) in [5, 5.41) is 4.58. The predicted octanol–water partition coefficient (Wildman–Crippen LogP) is 1.09. The summed E-state index contributed by atoms with van der Waals surface area (Å²) in [5.41, 5.74) is 4.84. The van der Waals surface area contributed by atoms with E-state index in [2.05, 4.69) is 5.32 Å². The molecule has 0 spiro atoms. The van der Waals surface area contributed by atoms with Gasteiger partial charge < -0.3 is 11.1 Å². The van der Waals surface area contributed by atoms with Crippen LogP contribution < -0.4 is 16.4 Å². The standard InChI is InChI=1S/C9H9ClFN3O2/c10-5-1-2-7(6(11)3-5)13-4-8(15)14-9(12)16/h1-3,13H,4H2,(H3,12,14,15,16). The summed E-state index contributed by atoms with van der Waals surface area (Å²) in [6.45, 7) is -0.262. The van der Waals surface area contributed by atoms with Gasteiger partial charge in [-0.15, -0.1) is 0 Å². The van der Waals surface area contributed by atoms with Gasteiger partial charge in [0.15, 0.2) is 0 Å². The number of benzene rings is 1. The smallest absolute Gasteiger partial charge is 0.318 e. The Morgan fingerprint density at radius 3 is 2.69 bits per heavy atom. The molecule has 1 rings (SSSR count). The summed E-state index contributed by atoms with van der Waals surface area (Å²) >= 11 is 5.54. The molecule has 0 bridgehead atoms. The van der Waals surface area contributed by atoms with E-state index in [1.54, 1.807) is 0 Å². The van der Waals surface area contributed by atoms with Crippen LogP contribution in [0, 0.1) is 5.82 Å². The first-order chi connectivity index (χ1) is 7.49. The molecule has 0 heterocycles. The first-order valence-electron chi connectivity index (χ1n) is 4.27. The highest BCUT2D eigenvalue weighted by atomic mass is 35.5. The average molecular weight is 246 g/mol. The summed E-state index contributed by atoms with van der Waals surface area (Å²) in [4.78, 5) is 21.3. The number of halogens is 2. The molecular weight excluding hydrogens is 237 g/mol. The van der Waals surface area contributed by atoms with E-state index in [0.717, 1.165) is 6.07 Å². The van der Waals surface area contributed by atoms with Crippen molar-refractivity contribution < 1.29 is 14.0 Å². The van der Waals surface area contributed by atoms with E-state index < -0.39 is 17.8 Å². The molecule has 0 unspecified atom stereocenters. The van der Waals surface area contributed by atoms with Crippen LogP contribution in [0.4, 0.5) is 14.9 Å². The SMILES string of the molecule is NC(=O)NC(=O)CNc1ccc(Cl)cc1F. The summed E-state index contributed by atoms with van der Waals surface area (Å²) < 4.78 is 13.2. The Balaban J connectivity index is 2.54. The molecular formula is C9H9ClFN3O2. The third-order valence-corrected chi connectivity index (χ3v) is 1.87. The summed E-state index contributed by atoms with van der Waals surface area (Å²) in [6.07, 6.45) is 0. The fourth-order valence-electron chi connectivity index (χ4n) is 0.990. The predicted molar refractivity (Wildman–Crippen MR) is 57.6 cm³/mol. The summed E-state index contributed by atoms with van der Waals surface area (Å²) in [7, 11) is 0. The number of primary amides is 1. The quantitative estimate of drug-likeness (QED) is 0.745. The van der Waals surface area contributed by atoms with Crippen LogP contribution >= 0.6 is 11.6 Å². The normalized spacial score (nSPS) is 9.62. The van der Waals surface area contributed by atoms with Crippen LogP contribution in [-0.4, -0.2) is 18.5 Å². The van der Waals surface area contributed by atoms with E-state index in [-0.39, 0.29) is 17.3 Å². The van der Waals surface area contributed by atoms with Crippen LogP contribution in [0.1, 0.15) is 0 Å². The maximum atomic E-state index is 13.2. The fourth-order valence-corrected chi connectivity index (χ4v) is 1.15. The van der Waals surface area contributed by atoms with Crippen LogP contribution in [0.15, 0.2) is 18.2 Å². The molecule has 0 aliphatic carbocycles. The monoisotopic (exact) mass is 245 g/mol. The Labute approximate surface area is 95.8 Å². The lowest BCUT2D eigenvalue weighted by Crippen LogP contribution is -2.38. The molecule has 16 heavy (non-hydrogen) atoms. The lowest BCUT2D eigenvalue weighted by Gasteiger charge is -2.06. The van der Waals surface area contributed by atoms with Crippen LogP contribution in [0.3, 0.4) is 0 Å². The maximum absolute atomic E-state index is 13.2. The number of rotatable bonds is 3. The highest BCUT2D eigenvalue weighted by molar-refractivity contribution is 6.30. The zero-order valence-corrected chi connectivity index (χ0v) is 8.84. The molecule has 86 valence electrons. The van der Waals surface area contributed by atoms with Crippen molar-refractivity contribution in [2.24, 2.45) is 5.73 Å². The van der Waals surface area contributed by atoms with E-state index >= 15 is 0 Å². The second-order valence-electron chi connectivity index (χ2n) is 2.89. The number of anilines is 1. The van der Waals surface area contributed by atoms with Crippen molar-refractivity contribution >= 4 is 29.2 Å². The van der Waals surface area contributed by atoms with Gasteiger partial charge in [-0.3, -0.25) is 10.1 Å². The van der Waals surface area contributed by atoms with Crippen molar-refractivity contribution in [2.75, 3.05) is 11.9 Å². The van der Waals surface area contributed by atoms with E-state index in [1.807, 2.05) is 5.32 Å². The molecule has 7 heteroatoms. The van der Waals surface area contributed by atoms with Gasteiger partial charge in [0.1, 0.15) is 5.82 Å². The van der Waals surface area contributed by atoms with Crippen molar-refractivity contribution in [2.45, 2.75) is 0 Å². The molecule has 0 aromatic heterocycles. The van der Waals surface area contributed by atoms with Crippen LogP contribution in [0.5, 0.6) is 0 Å². The number of carbonyl (C=O) groups is 2. The number of hydrogen-bond donors (Lipinski definition) is 3. The molecule has 1 aromatic rings. The van der Waals surface area contributed by atoms with E-state index in [4.69, 9.17) is 17.3 Å². The second kappa shape index (κ2) is 5.32. The molecule has 3 amide bonds. The van der Waals surface area contributed by atoms with Gasteiger partial charge in [-0.1, -0.05) is 11.6 Å². The lowest BCUT2D eigenvalue weighted by molar-refractivity contribution is -0.118. The largest absolute Gasteiger partial charge is 0.374 e. The Hall–Kier alpha value is -1.82. The second-order valence-corrected chi connectivity index (χ2v) is 3.33. The molecule has 1 aromatic carbocycles. The van der Waals surface area contributed by atoms with Gasteiger partial charge in [-0.05, 0) is 18.2 Å². The van der Waals surface area contributed by atoms with Crippen molar-refractivity contribution in [3.8, 4) is 0 Å². The van der Waals surface area contributed by atoms with Gasteiger partial charge in [0.2, 0.25) is 5.91 Å². The van der Waals surface area contributed by atoms with Crippen LogP contribution in [0.2, 0.25) is 5.02 Å². The van der Waals surface area contributed by atoms with Crippen molar-refractivity contribution in [1.29, 1.82) is 0 Å². The van der Waals surface area contributed by atoms with Crippen LogP contribution in [0.25, 0.3) is 0 Å². The molecule has 0 aliphatic heterocycles. The Morgan fingerprint density at radius 1 is 1.44 bits per heavy atom. The van der Waals surface area contributed by atoms with Crippen molar-refractivity contribution in [3.05, 3.63) is 29.0 Å². The van der Waals surface area contributed by atoms with Crippen molar-refractivity contribution in [1.82, 2.24) is 5.32 Å². The number of hydrogen-bond acceptors (Lipinski definition) is 3. The van der Waals surface area contributed by atoms with E-state index in [9.17, 15) is 14.0 Å². The number of carbonyl (C=O) groups excluding carboxylic acids is 2. The van der Waals surface area contributed by atoms with Gasteiger partial charge in [-0.2, -0.15) is 0 Å². The highest BCUT2D eigenvalue weighted by Crippen LogP contribution is 2.18. The third-order valence-electron chi connectivity index (χ3n) is 1.63. The van der Waals surface area contributed by atoms with E-state index in [1.165, 1.54) is 12.1 Å². The van der Waals surface area contributed by atoms with Crippen LogP contribution in [-0.2, 0) is 4.79 Å². The summed E-state index contributed by atoms with van der Waals surface area (Å²) in [5.74, 6) is -1.23. The van der Waals surface area contributed by atoms with Gasteiger partial charge in [0.05, 0.1) is 12.2 Å². The zero-order valence-electron chi connectivity index (χ0n) is 8.09. The Bertz CT molecular complexity index is 425. The van der Waals surface area contributed by atoms with Crippen molar-refractivity contribution in [3.63, 3.8) is 0 Å². The molecule has 0 saturated carbocycles. The van der Waals surface area contributed by atoms with Gasteiger partial charge in [0, 0.05) is 5.02 Å². The molecule has 4 N–H and O–H groups in total. The first kappa shape index (κ1) is 12.3. The third kappa shape index (κ3) is 3.74. The zero-order chi connectivity index (χ0) is 12.1. The minimum absolute atomic E-state index is 0.115. The Morgan fingerprint density at radius 2 is 2.12 bits per heavy atom. The van der Waals surface area contributed by atoms with Gasteiger partial charge in [0.25, 0.3) is 0 Å². The number of nitrogens with two attached hydrogens (primary N) is 1. The number of amides is 3. The molecule has 5 nitrogen and oxygen atoms in total. The number of nitrogens with one attached hydrogen (secondary N) is 2. The molecule has 0 fully saturated rings. The number of imide groups is 1. The average Bonchev–Trinajstić information content (AvgIpc) is 2.15. The minimum Gasteiger partial charge on any atom is -0.374 e. The fraction of sp³-hybridized carbons (Fsp3) is 0.111. The van der Waals surface area contributed by atoms with E-state index in [0.29, 0.717) is 0 Å². The lowest BCUT2D eigenvalue weighted by atomic mass is 10.3. The highest BCUT2D eigenvalue weighted by Gasteiger charge is 2.06. The first-order valence-corrected chi connectivity index (χ1v) is 4.65. The molecule has 0 aliphatic rings. The molecule has 0 atom stereocenters. The minimum atomic E-state index is -0.955. The van der Waals surface area contributed by atoms with Gasteiger partial charge >= 0.3 is 6.03 Å². The maximum Gasteiger partial charge on any atom is 0.318 e. The Kier molecular flexibility index (Phi) is 4.07. The molecule has 0 radical (unpaired) electrons. The topological polar surface area (TPSA) is 84.2 Å². The summed E-state index contributed by atoms with van der Waals surface area (Å²) in [6, 6.07) is 3.01. The number of urea groups is 1.